The molecule has 3 atom stereocenters. The number of hydrogen-bond donors (Lipinski definition) is 2. The zero-order chi connectivity index (χ0) is 27.6. The van der Waals surface area contributed by atoms with Crippen LogP contribution in [0.15, 0.2) is 91.0 Å². The molecule has 0 saturated carbocycles. The number of piperidine rings is 1. The summed E-state index contributed by atoms with van der Waals surface area (Å²) in [6.45, 7) is 2.70. The Morgan fingerprint density at radius 2 is 1.54 bits per heavy atom. The van der Waals surface area contributed by atoms with Gasteiger partial charge in [-0.05, 0) is 59.9 Å². The van der Waals surface area contributed by atoms with Gasteiger partial charge < -0.3 is 14.9 Å². The molecule has 6 heteroatoms. The van der Waals surface area contributed by atoms with Gasteiger partial charge >= 0.3 is 0 Å². The summed E-state index contributed by atoms with van der Waals surface area (Å²) in [4.78, 5) is 1.92. The van der Waals surface area contributed by atoms with E-state index in [1.807, 2.05) is 72.5 Å². The molecule has 4 aromatic rings. The van der Waals surface area contributed by atoms with Crippen LogP contribution in [0.4, 0.5) is 0 Å². The molecule has 1 aliphatic heterocycles. The van der Waals surface area contributed by atoms with E-state index in [0.717, 1.165) is 27.5 Å². The third-order valence-electron chi connectivity index (χ3n) is 8.31. The zero-order valence-corrected chi connectivity index (χ0v) is 23.0. The number of likely N-dealkylation sites (tertiary alicyclic amines) is 1. The smallest absolute Gasteiger partial charge is 0.126 e. The molecule has 4 aromatic carbocycles. The SMILES string of the molecule is COc1ccccc1[C@H](c1cccc2ccccc12)[C@@](C)(C#N)C(O)N1CCC(O)(c2ccc(Cl)cc2)CC1. The topological polar surface area (TPSA) is 76.7 Å². The lowest BCUT2D eigenvalue weighted by Crippen LogP contribution is -2.54. The standard InChI is InChI=1S/C33H33ClN2O3/c1-32(22-35,31(37)36-20-18-33(38,19-21-36)24-14-16-25(34)17-15-24)30(28-11-5-6-13-29(28)39-2)27-12-7-9-23-8-3-4-10-26(23)27/h3-17,30-31,37-38H,18-21H2,1-2H3/t30-,31?,32+/m0/s1. The highest BCUT2D eigenvalue weighted by atomic mass is 35.5. The van der Waals surface area contributed by atoms with E-state index >= 15 is 0 Å². The third kappa shape index (κ3) is 5.02. The van der Waals surface area contributed by atoms with Gasteiger partial charge in [-0.1, -0.05) is 84.4 Å². The second kappa shape index (κ2) is 11.0. The Hall–Kier alpha value is -3.40. The fraction of sp³-hybridized carbons (Fsp3) is 0.303. The first-order chi connectivity index (χ1) is 18.8. The minimum atomic E-state index is -1.24. The fourth-order valence-electron chi connectivity index (χ4n) is 6.06. The highest BCUT2D eigenvalue weighted by Gasteiger charge is 2.48. The molecule has 5 nitrogen and oxygen atoms in total. The molecule has 0 aromatic heterocycles. The number of hydrogen-bond acceptors (Lipinski definition) is 5. The van der Waals surface area contributed by atoms with Crippen LogP contribution in [0.5, 0.6) is 5.75 Å². The minimum Gasteiger partial charge on any atom is -0.496 e. The number of aliphatic hydroxyl groups is 2. The number of methoxy groups -OCH3 is 1. The first kappa shape index (κ1) is 27.2. The van der Waals surface area contributed by atoms with Crippen LogP contribution in [0.3, 0.4) is 0 Å². The highest BCUT2D eigenvalue weighted by molar-refractivity contribution is 6.30. The number of halogens is 1. The third-order valence-corrected chi connectivity index (χ3v) is 8.57. The molecule has 1 fully saturated rings. The molecular weight excluding hydrogens is 508 g/mol. The van der Waals surface area contributed by atoms with Crippen LogP contribution < -0.4 is 4.74 Å². The summed E-state index contributed by atoms with van der Waals surface area (Å²) >= 11 is 6.05. The van der Waals surface area contributed by atoms with Gasteiger partial charge in [0.25, 0.3) is 0 Å². The first-order valence-corrected chi connectivity index (χ1v) is 13.6. The number of fused-ring (bicyclic) bond motifs is 1. The molecular formula is C33H33ClN2O3. The number of para-hydroxylation sites is 1. The first-order valence-electron chi connectivity index (χ1n) is 13.2. The van der Waals surface area contributed by atoms with Crippen LogP contribution >= 0.6 is 11.6 Å². The average Bonchev–Trinajstić information content (AvgIpc) is 2.98. The van der Waals surface area contributed by atoms with E-state index in [-0.39, 0.29) is 0 Å². The van der Waals surface area contributed by atoms with Crippen LogP contribution in [-0.2, 0) is 5.60 Å². The van der Waals surface area contributed by atoms with Crippen molar-refractivity contribution in [2.45, 2.75) is 37.5 Å². The Labute approximate surface area is 234 Å². The summed E-state index contributed by atoms with van der Waals surface area (Å²) in [7, 11) is 1.63. The second-order valence-corrected chi connectivity index (χ2v) is 11.0. The number of ether oxygens (including phenoxy) is 1. The van der Waals surface area contributed by atoms with Gasteiger partial charge in [-0.2, -0.15) is 5.26 Å². The molecule has 0 aliphatic carbocycles. The predicted molar refractivity (Wildman–Crippen MR) is 155 cm³/mol. The van der Waals surface area contributed by atoms with E-state index in [9.17, 15) is 15.5 Å². The molecule has 1 unspecified atom stereocenters. The summed E-state index contributed by atoms with van der Waals surface area (Å²) in [5.74, 6) is 0.177. The van der Waals surface area contributed by atoms with Crippen LogP contribution in [-0.4, -0.2) is 41.5 Å². The van der Waals surface area contributed by atoms with E-state index in [4.69, 9.17) is 16.3 Å². The lowest BCUT2D eigenvalue weighted by molar-refractivity contribution is -0.113. The molecule has 1 saturated heterocycles. The lowest BCUT2D eigenvalue weighted by Gasteiger charge is -2.46. The molecule has 5 rings (SSSR count). The summed E-state index contributed by atoms with van der Waals surface area (Å²) in [6.07, 6.45) is -0.229. The summed E-state index contributed by atoms with van der Waals surface area (Å²) < 4.78 is 5.76. The molecule has 200 valence electrons. The van der Waals surface area contributed by atoms with E-state index < -0.39 is 23.2 Å². The summed E-state index contributed by atoms with van der Waals surface area (Å²) in [6, 6.07) is 31.7. The van der Waals surface area contributed by atoms with Crippen LogP contribution in [0.25, 0.3) is 10.8 Å². The van der Waals surface area contributed by atoms with E-state index in [2.05, 4.69) is 24.3 Å². The van der Waals surface area contributed by atoms with Crippen molar-refractivity contribution in [1.29, 1.82) is 5.26 Å². The Balaban J connectivity index is 1.54. The number of nitriles is 1. The normalized spacial score (nSPS) is 18.6. The highest BCUT2D eigenvalue weighted by Crippen LogP contribution is 2.49. The molecule has 1 heterocycles. The van der Waals surface area contributed by atoms with Gasteiger partial charge in [0.2, 0.25) is 0 Å². The summed E-state index contributed by atoms with van der Waals surface area (Å²) in [5.41, 5.74) is 0.354. The van der Waals surface area contributed by atoms with E-state index in [1.54, 1.807) is 19.2 Å². The van der Waals surface area contributed by atoms with Crippen LogP contribution in [0.2, 0.25) is 5.02 Å². The van der Waals surface area contributed by atoms with E-state index in [1.165, 1.54) is 0 Å². The van der Waals surface area contributed by atoms with Gasteiger partial charge in [0, 0.05) is 29.6 Å². The van der Waals surface area contributed by atoms with Gasteiger partial charge in [-0.15, -0.1) is 0 Å². The molecule has 0 radical (unpaired) electrons. The molecule has 1 aliphatic rings. The van der Waals surface area contributed by atoms with Crippen molar-refractivity contribution < 1.29 is 14.9 Å². The van der Waals surface area contributed by atoms with Crippen molar-refractivity contribution in [2.24, 2.45) is 5.41 Å². The van der Waals surface area contributed by atoms with Gasteiger partial charge in [0.05, 0.1) is 18.8 Å². The predicted octanol–water partition coefficient (Wildman–Crippen LogP) is 6.47. The van der Waals surface area contributed by atoms with Crippen LogP contribution in [0.1, 0.15) is 42.4 Å². The van der Waals surface area contributed by atoms with E-state index in [0.29, 0.717) is 36.7 Å². The summed E-state index contributed by atoms with van der Waals surface area (Å²) in [5, 5.41) is 36.9. The Kier molecular flexibility index (Phi) is 7.66. The maximum absolute atomic E-state index is 12.0. The van der Waals surface area contributed by atoms with Gasteiger partial charge in [-0.3, -0.25) is 4.90 Å². The molecule has 0 spiro atoms. The zero-order valence-electron chi connectivity index (χ0n) is 22.2. The molecule has 0 bridgehead atoms. The monoisotopic (exact) mass is 540 g/mol. The Bertz CT molecular complexity index is 1490. The van der Waals surface area contributed by atoms with Gasteiger partial charge in [-0.25, -0.2) is 0 Å². The molecule has 2 N–H and O–H groups in total. The van der Waals surface area contributed by atoms with Crippen molar-refractivity contribution in [3.8, 4) is 11.8 Å². The van der Waals surface area contributed by atoms with Gasteiger partial charge in [0.15, 0.2) is 0 Å². The largest absolute Gasteiger partial charge is 0.496 e. The van der Waals surface area contributed by atoms with Crippen molar-refractivity contribution in [1.82, 2.24) is 4.90 Å². The van der Waals surface area contributed by atoms with Crippen molar-refractivity contribution in [2.75, 3.05) is 20.2 Å². The minimum absolute atomic E-state index is 0.431. The average molecular weight is 541 g/mol. The maximum atomic E-state index is 12.0. The molecule has 0 amide bonds. The maximum Gasteiger partial charge on any atom is 0.126 e. The lowest BCUT2D eigenvalue weighted by atomic mass is 9.67. The Morgan fingerprint density at radius 3 is 2.23 bits per heavy atom. The number of nitrogens with zero attached hydrogens (tertiary/aromatic N) is 2. The molecule has 39 heavy (non-hydrogen) atoms. The van der Waals surface area contributed by atoms with Crippen molar-refractivity contribution >= 4 is 22.4 Å². The van der Waals surface area contributed by atoms with Crippen LogP contribution in [0, 0.1) is 16.7 Å². The number of aliphatic hydroxyl groups excluding tert-OH is 1. The second-order valence-electron chi connectivity index (χ2n) is 10.6. The van der Waals surface area contributed by atoms with Crippen molar-refractivity contribution in [3.05, 3.63) is 113 Å². The van der Waals surface area contributed by atoms with Crippen molar-refractivity contribution in [3.63, 3.8) is 0 Å². The van der Waals surface area contributed by atoms with Gasteiger partial charge in [0.1, 0.15) is 17.4 Å². The number of benzene rings is 4. The quantitative estimate of drug-likeness (QED) is 0.281. The number of rotatable bonds is 7. The Morgan fingerprint density at radius 1 is 0.923 bits per heavy atom. The fourth-order valence-corrected chi connectivity index (χ4v) is 6.18.